The molecule has 0 radical (unpaired) electrons. The van der Waals surface area contributed by atoms with Crippen LogP contribution in [0.15, 0.2) is 6.20 Å². The zero-order valence-electron chi connectivity index (χ0n) is 11.3. The van der Waals surface area contributed by atoms with E-state index in [1.165, 1.54) is 17.8 Å². The van der Waals surface area contributed by atoms with Crippen LogP contribution < -0.4 is 10.5 Å². The molecule has 0 aliphatic heterocycles. The molecule has 0 aromatic carbocycles. The molecule has 0 bridgehead atoms. The van der Waals surface area contributed by atoms with E-state index in [0.29, 0.717) is 10.0 Å². The number of thiazole rings is 1. The molecule has 1 fully saturated rings. The van der Waals surface area contributed by atoms with Gasteiger partial charge in [0.05, 0.1) is 23.4 Å². The van der Waals surface area contributed by atoms with Gasteiger partial charge in [0.25, 0.3) is 0 Å². The van der Waals surface area contributed by atoms with Crippen molar-refractivity contribution in [2.75, 3.05) is 17.0 Å². The summed E-state index contributed by atoms with van der Waals surface area (Å²) in [5, 5.41) is 0.377. The van der Waals surface area contributed by atoms with Gasteiger partial charge in [-0.1, -0.05) is 42.4 Å². The highest BCUT2D eigenvalue weighted by Crippen LogP contribution is 2.26. The van der Waals surface area contributed by atoms with Crippen molar-refractivity contribution in [2.45, 2.75) is 32.1 Å². The number of hydrogen-bond donors (Lipinski definition) is 2. The van der Waals surface area contributed by atoms with Crippen molar-refractivity contribution in [3.8, 4) is 11.8 Å². The summed E-state index contributed by atoms with van der Waals surface area (Å²) in [5.74, 6) is 6.02. The second-order valence-electron chi connectivity index (χ2n) is 4.92. The second kappa shape index (κ2) is 7.07. The van der Waals surface area contributed by atoms with E-state index in [9.17, 15) is 8.42 Å². The maximum Gasteiger partial charge on any atom is 0.234 e. The van der Waals surface area contributed by atoms with Crippen molar-refractivity contribution in [1.29, 1.82) is 0 Å². The molecule has 1 heterocycles. The maximum atomic E-state index is 12.1. The fraction of sp³-hybridized carbons (Fsp3) is 0.615. The van der Waals surface area contributed by atoms with Crippen LogP contribution >= 0.6 is 11.3 Å². The van der Waals surface area contributed by atoms with Gasteiger partial charge in [-0.05, 0) is 18.8 Å². The van der Waals surface area contributed by atoms with Gasteiger partial charge in [0.1, 0.15) is 0 Å². The van der Waals surface area contributed by atoms with Crippen molar-refractivity contribution in [1.82, 2.24) is 4.98 Å². The molecule has 110 valence electrons. The van der Waals surface area contributed by atoms with Gasteiger partial charge in [-0.15, -0.1) is 0 Å². The third-order valence-electron chi connectivity index (χ3n) is 3.24. The molecule has 5 nitrogen and oxygen atoms in total. The van der Waals surface area contributed by atoms with Crippen LogP contribution in [0.2, 0.25) is 0 Å². The van der Waals surface area contributed by atoms with Crippen LogP contribution in [0.25, 0.3) is 0 Å². The van der Waals surface area contributed by atoms with Gasteiger partial charge in [-0.3, -0.25) is 4.72 Å². The third kappa shape index (κ3) is 4.78. The van der Waals surface area contributed by atoms with Gasteiger partial charge in [0.15, 0.2) is 5.13 Å². The molecule has 0 saturated heterocycles. The zero-order chi connectivity index (χ0) is 14.4. The number of nitrogens with two attached hydrogens (primary N) is 1. The number of hydrogen-bond acceptors (Lipinski definition) is 5. The quantitative estimate of drug-likeness (QED) is 0.830. The molecule has 0 amide bonds. The van der Waals surface area contributed by atoms with E-state index in [1.807, 2.05) is 0 Å². The van der Waals surface area contributed by atoms with Gasteiger partial charge < -0.3 is 5.73 Å². The van der Waals surface area contributed by atoms with Gasteiger partial charge in [-0.2, -0.15) is 0 Å². The highest BCUT2D eigenvalue weighted by molar-refractivity contribution is 7.92. The lowest BCUT2D eigenvalue weighted by Crippen LogP contribution is -2.24. The summed E-state index contributed by atoms with van der Waals surface area (Å²) in [7, 11) is -3.32. The number of rotatable bonds is 4. The number of aromatic nitrogens is 1. The minimum Gasteiger partial charge on any atom is -0.320 e. The number of nitrogens with one attached hydrogen (secondary N) is 1. The Balaban J connectivity index is 1.95. The standard InChI is InChI=1S/C13H19N3O2S2/c14-8-4-7-12-9-15-13(19-12)16-20(17,18)10-11-5-2-1-3-6-11/h9,11H,1-3,5-6,8,10,14H2,(H,15,16). The minimum absolute atomic E-state index is 0.191. The van der Waals surface area contributed by atoms with E-state index in [1.54, 1.807) is 6.20 Å². The molecule has 7 heteroatoms. The lowest BCUT2D eigenvalue weighted by Gasteiger charge is -2.21. The fourth-order valence-corrected chi connectivity index (χ4v) is 4.80. The molecule has 1 aromatic heterocycles. The molecule has 0 spiro atoms. The van der Waals surface area contributed by atoms with Crippen molar-refractivity contribution >= 4 is 26.5 Å². The first-order valence-electron chi connectivity index (χ1n) is 6.74. The largest absolute Gasteiger partial charge is 0.320 e. The van der Waals surface area contributed by atoms with E-state index in [0.717, 1.165) is 25.7 Å². The fourth-order valence-electron chi connectivity index (χ4n) is 2.36. The summed E-state index contributed by atoms with van der Waals surface area (Å²) in [6.07, 6.45) is 7.07. The van der Waals surface area contributed by atoms with Crippen LogP contribution in [0.5, 0.6) is 0 Å². The van der Waals surface area contributed by atoms with Crippen LogP contribution in [0.1, 0.15) is 37.0 Å². The van der Waals surface area contributed by atoms with Crippen LogP contribution in [-0.4, -0.2) is 25.7 Å². The average Bonchev–Trinajstić information content (AvgIpc) is 2.83. The van der Waals surface area contributed by atoms with E-state index in [4.69, 9.17) is 5.73 Å². The van der Waals surface area contributed by atoms with Crippen LogP contribution in [0, 0.1) is 17.8 Å². The minimum atomic E-state index is -3.32. The molecular formula is C13H19N3O2S2. The molecule has 1 aliphatic rings. The SMILES string of the molecule is NCC#Cc1cnc(NS(=O)(=O)CC2CCCCC2)s1. The zero-order valence-corrected chi connectivity index (χ0v) is 12.9. The van der Waals surface area contributed by atoms with E-state index >= 15 is 0 Å². The first-order chi connectivity index (χ1) is 9.59. The van der Waals surface area contributed by atoms with E-state index < -0.39 is 10.0 Å². The monoisotopic (exact) mass is 313 g/mol. The average molecular weight is 313 g/mol. The summed E-state index contributed by atoms with van der Waals surface area (Å²) >= 11 is 1.23. The first kappa shape index (κ1) is 15.3. The number of sulfonamides is 1. The number of anilines is 1. The summed E-state index contributed by atoms with van der Waals surface area (Å²) in [6.45, 7) is 0.278. The normalized spacial score (nSPS) is 16.4. The molecule has 0 unspecified atom stereocenters. The van der Waals surface area contributed by atoms with Crippen LogP contribution in [-0.2, 0) is 10.0 Å². The van der Waals surface area contributed by atoms with Crippen molar-refractivity contribution < 1.29 is 8.42 Å². The Bertz CT molecular complexity index is 593. The first-order valence-corrected chi connectivity index (χ1v) is 9.21. The van der Waals surface area contributed by atoms with E-state index in [2.05, 4.69) is 21.5 Å². The number of nitrogens with zero attached hydrogens (tertiary/aromatic N) is 1. The predicted octanol–water partition coefficient (Wildman–Crippen LogP) is 1.78. The Kier molecular flexibility index (Phi) is 5.40. The van der Waals surface area contributed by atoms with Crippen LogP contribution in [0.3, 0.4) is 0 Å². The van der Waals surface area contributed by atoms with Crippen molar-refractivity contribution in [2.24, 2.45) is 11.7 Å². The summed E-state index contributed by atoms with van der Waals surface area (Å²) in [6, 6.07) is 0. The van der Waals surface area contributed by atoms with Gasteiger partial charge in [0.2, 0.25) is 10.0 Å². The highest BCUT2D eigenvalue weighted by atomic mass is 32.2. The van der Waals surface area contributed by atoms with E-state index in [-0.39, 0.29) is 18.2 Å². The molecule has 1 saturated carbocycles. The van der Waals surface area contributed by atoms with Gasteiger partial charge in [0, 0.05) is 0 Å². The summed E-state index contributed by atoms with van der Waals surface area (Å²) in [5.41, 5.74) is 5.29. The molecule has 20 heavy (non-hydrogen) atoms. The summed E-state index contributed by atoms with van der Waals surface area (Å²) < 4.78 is 26.7. The Morgan fingerprint density at radius 1 is 1.40 bits per heavy atom. The maximum absolute atomic E-state index is 12.1. The molecule has 3 N–H and O–H groups in total. The van der Waals surface area contributed by atoms with Crippen molar-refractivity contribution in [3.05, 3.63) is 11.1 Å². The Morgan fingerprint density at radius 3 is 2.85 bits per heavy atom. The predicted molar refractivity (Wildman–Crippen MR) is 82.0 cm³/mol. The molecular weight excluding hydrogens is 294 g/mol. The van der Waals surface area contributed by atoms with Crippen LogP contribution in [0.4, 0.5) is 5.13 Å². The van der Waals surface area contributed by atoms with Crippen molar-refractivity contribution in [3.63, 3.8) is 0 Å². The third-order valence-corrected chi connectivity index (χ3v) is 5.61. The van der Waals surface area contributed by atoms with Gasteiger partial charge in [-0.25, -0.2) is 13.4 Å². The topological polar surface area (TPSA) is 85.1 Å². The molecule has 1 aliphatic carbocycles. The smallest absolute Gasteiger partial charge is 0.234 e. The lowest BCUT2D eigenvalue weighted by molar-refractivity contribution is 0.385. The lowest BCUT2D eigenvalue weighted by atomic mass is 9.91. The molecule has 0 atom stereocenters. The molecule has 2 rings (SSSR count). The van der Waals surface area contributed by atoms with Gasteiger partial charge >= 0.3 is 0 Å². The Morgan fingerprint density at radius 2 is 2.15 bits per heavy atom. The summed E-state index contributed by atoms with van der Waals surface area (Å²) in [4.78, 5) is 4.75. The Labute approximate surface area is 124 Å². The Hall–Kier alpha value is -1.10. The highest BCUT2D eigenvalue weighted by Gasteiger charge is 2.22. The second-order valence-corrected chi connectivity index (χ2v) is 7.72. The molecule has 1 aromatic rings.